The van der Waals surface area contributed by atoms with Crippen LogP contribution in [0.15, 0.2) is 18.2 Å². The third-order valence-corrected chi connectivity index (χ3v) is 2.98. The number of carbonyl (C=O) groups is 1. The molecule has 1 rings (SSSR count). The van der Waals surface area contributed by atoms with Crippen molar-refractivity contribution in [1.29, 1.82) is 0 Å². The van der Waals surface area contributed by atoms with Gasteiger partial charge in [0.2, 0.25) is 0 Å². The molecule has 0 aliphatic rings. The predicted molar refractivity (Wildman–Crippen MR) is 78.7 cm³/mol. The van der Waals surface area contributed by atoms with Crippen molar-refractivity contribution in [3.8, 4) is 0 Å². The Bertz CT molecular complexity index is 430. The van der Waals surface area contributed by atoms with E-state index in [1.165, 1.54) is 0 Å². The highest BCUT2D eigenvalue weighted by molar-refractivity contribution is 5.95. The number of amides is 1. The number of anilines is 1. The highest BCUT2D eigenvalue weighted by Crippen LogP contribution is 2.18. The minimum absolute atomic E-state index is 0.0213. The summed E-state index contributed by atoms with van der Waals surface area (Å²) >= 11 is 0. The van der Waals surface area contributed by atoms with Crippen molar-refractivity contribution >= 4 is 11.6 Å². The number of benzene rings is 1. The molecule has 19 heavy (non-hydrogen) atoms. The standard InChI is InChI=1S/C15H24N2O2/c1-11(10-19-5)9-16-14-8-13(7-6-12(14)2)15(18)17(3)4/h6-8,11,16H,9-10H2,1-5H3. The smallest absolute Gasteiger partial charge is 0.253 e. The molecule has 1 atom stereocenters. The molecule has 1 unspecified atom stereocenters. The van der Waals surface area contributed by atoms with E-state index in [4.69, 9.17) is 4.74 Å². The third-order valence-electron chi connectivity index (χ3n) is 2.98. The maximum atomic E-state index is 11.9. The summed E-state index contributed by atoms with van der Waals surface area (Å²) in [4.78, 5) is 13.5. The maximum Gasteiger partial charge on any atom is 0.253 e. The van der Waals surface area contributed by atoms with Crippen molar-refractivity contribution in [3.05, 3.63) is 29.3 Å². The van der Waals surface area contributed by atoms with Crippen molar-refractivity contribution < 1.29 is 9.53 Å². The molecule has 0 heterocycles. The Morgan fingerprint density at radius 2 is 2.11 bits per heavy atom. The Balaban J connectivity index is 2.77. The van der Waals surface area contributed by atoms with Crippen molar-refractivity contribution in [2.75, 3.05) is 39.7 Å². The van der Waals surface area contributed by atoms with Crippen LogP contribution in [-0.4, -0.2) is 45.2 Å². The number of aryl methyl sites for hydroxylation is 1. The highest BCUT2D eigenvalue weighted by Gasteiger charge is 2.10. The Morgan fingerprint density at radius 1 is 1.42 bits per heavy atom. The number of methoxy groups -OCH3 is 1. The van der Waals surface area contributed by atoms with Crippen LogP contribution in [0.1, 0.15) is 22.8 Å². The lowest BCUT2D eigenvalue weighted by atomic mass is 10.1. The van der Waals surface area contributed by atoms with Gasteiger partial charge in [-0.1, -0.05) is 13.0 Å². The van der Waals surface area contributed by atoms with E-state index in [0.29, 0.717) is 11.5 Å². The second-order valence-corrected chi connectivity index (χ2v) is 5.17. The molecule has 1 aromatic carbocycles. The molecule has 0 spiro atoms. The maximum absolute atomic E-state index is 11.9. The van der Waals surface area contributed by atoms with Crippen LogP contribution in [0.3, 0.4) is 0 Å². The van der Waals surface area contributed by atoms with E-state index in [2.05, 4.69) is 12.2 Å². The Labute approximate surface area is 115 Å². The first kappa shape index (κ1) is 15.5. The first-order valence-corrected chi connectivity index (χ1v) is 6.50. The summed E-state index contributed by atoms with van der Waals surface area (Å²) < 4.78 is 5.11. The van der Waals surface area contributed by atoms with E-state index in [0.717, 1.165) is 24.4 Å². The van der Waals surface area contributed by atoms with Crippen molar-refractivity contribution in [3.63, 3.8) is 0 Å². The van der Waals surface area contributed by atoms with Crippen LogP contribution in [0.5, 0.6) is 0 Å². The van der Waals surface area contributed by atoms with Crippen LogP contribution >= 0.6 is 0 Å². The largest absolute Gasteiger partial charge is 0.384 e. The van der Waals surface area contributed by atoms with E-state index in [9.17, 15) is 4.79 Å². The lowest BCUT2D eigenvalue weighted by Gasteiger charge is -2.16. The van der Waals surface area contributed by atoms with Crippen LogP contribution in [0.2, 0.25) is 0 Å². The van der Waals surface area contributed by atoms with Gasteiger partial charge in [-0.25, -0.2) is 0 Å². The number of rotatable bonds is 6. The van der Waals surface area contributed by atoms with E-state index in [-0.39, 0.29) is 5.91 Å². The number of hydrogen-bond donors (Lipinski definition) is 1. The summed E-state index contributed by atoms with van der Waals surface area (Å²) in [6, 6.07) is 5.75. The zero-order valence-corrected chi connectivity index (χ0v) is 12.5. The SMILES string of the molecule is COCC(C)CNc1cc(C(=O)N(C)C)ccc1C. The first-order chi connectivity index (χ1) is 8.95. The third kappa shape index (κ3) is 4.56. The van der Waals surface area contributed by atoms with Gasteiger partial charge in [-0.15, -0.1) is 0 Å². The normalized spacial score (nSPS) is 12.1. The molecule has 1 N–H and O–H groups in total. The Hall–Kier alpha value is -1.55. The molecule has 1 aromatic rings. The molecule has 0 saturated heterocycles. The lowest BCUT2D eigenvalue weighted by Crippen LogP contribution is -2.22. The summed E-state index contributed by atoms with van der Waals surface area (Å²) in [7, 11) is 5.23. The van der Waals surface area contributed by atoms with Crippen LogP contribution in [-0.2, 0) is 4.74 Å². The number of hydrogen-bond acceptors (Lipinski definition) is 3. The van der Waals surface area contributed by atoms with Crippen LogP contribution < -0.4 is 5.32 Å². The molecule has 4 heteroatoms. The summed E-state index contributed by atoms with van der Waals surface area (Å²) in [6.45, 7) is 5.71. The molecule has 0 aromatic heterocycles. The summed E-state index contributed by atoms with van der Waals surface area (Å²) in [5.74, 6) is 0.450. The van der Waals surface area contributed by atoms with Crippen molar-refractivity contribution in [2.45, 2.75) is 13.8 Å². The fourth-order valence-corrected chi connectivity index (χ4v) is 1.83. The average Bonchev–Trinajstić information content (AvgIpc) is 2.37. The Morgan fingerprint density at radius 3 is 2.68 bits per heavy atom. The highest BCUT2D eigenvalue weighted by atomic mass is 16.5. The van der Waals surface area contributed by atoms with Gasteiger partial charge in [0.1, 0.15) is 0 Å². The molecule has 0 fully saturated rings. The zero-order chi connectivity index (χ0) is 14.4. The minimum Gasteiger partial charge on any atom is -0.384 e. The molecular formula is C15H24N2O2. The summed E-state index contributed by atoms with van der Waals surface area (Å²) in [6.07, 6.45) is 0. The number of nitrogens with one attached hydrogen (secondary N) is 1. The van der Waals surface area contributed by atoms with Gasteiger partial charge in [-0.05, 0) is 30.5 Å². The van der Waals surface area contributed by atoms with Crippen molar-refractivity contribution in [1.82, 2.24) is 4.90 Å². The average molecular weight is 264 g/mol. The number of ether oxygens (including phenoxy) is 1. The van der Waals surface area contributed by atoms with E-state index < -0.39 is 0 Å². The van der Waals surface area contributed by atoms with Gasteiger partial charge in [0, 0.05) is 39.0 Å². The van der Waals surface area contributed by atoms with Gasteiger partial charge in [0.15, 0.2) is 0 Å². The molecule has 4 nitrogen and oxygen atoms in total. The van der Waals surface area contributed by atoms with Gasteiger partial charge in [0.05, 0.1) is 6.61 Å². The van der Waals surface area contributed by atoms with Crippen LogP contribution in [0.4, 0.5) is 5.69 Å². The first-order valence-electron chi connectivity index (χ1n) is 6.50. The van der Waals surface area contributed by atoms with Crippen molar-refractivity contribution in [2.24, 2.45) is 5.92 Å². The lowest BCUT2D eigenvalue weighted by molar-refractivity contribution is 0.0827. The van der Waals surface area contributed by atoms with Gasteiger partial charge < -0.3 is 15.0 Å². The Kier molecular flexibility index (Phi) is 5.83. The van der Waals surface area contributed by atoms with Gasteiger partial charge in [-0.3, -0.25) is 4.79 Å². The minimum atomic E-state index is 0.0213. The summed E-state index contributed by atoms with van der Waals surface area (Å²) in [5, 5.41) is 3.38. The molecule has 0 saturated carbocycles. The second-order valence-electron chi connectivity index (χ2n) is 5.17. The fourth-order valence-electron chi connectivity index (χ4n) is 1.83. The van der Waals surface area contributed by atoms with Gasteiger partial charge in [0.25, 0.3) is 5.91 Å². The van der Waals surface area contributed by atoms with E-state index >= 15 is 0 Å². The topological polar surface area (TPSA) is 41.6 Å². The molecule has 106 valence electrons. The molecule has 0 aliphatic heterocycles. The molecular weight excluding hydrogens is 240 g/mol. The fraction of sp³-hybridized carbons (Fsp3) is 0.533. The molecule has 0 bridgehead atoms. The van der Waals surface area contributed by atoms with E-state index in [1.807, 2.05) is 25.1 Å². The van der Waals surface area contributed by atoms with Gasteiger partial charge >= 0.3 is 0 Å². The van der Waals surface area contributed by atoms with Crippen LogP contribution in [0, 0.1) is 12.8 Å². The molecule has 0 aliphatic carbocycles. The number of nitrogens with zero attached hydrogens (tertiary/aromatic N) is 1. The van der Waals surface area contributed by atoms with Crippen LogP contribution in [0.25, 0.3) is 0 Å². The second kappa shape index (κ2) is 7.14. The molecule has 1 amide bonds. The van der Waals surface area contributed by atoms with Gasteiger partial charge in [-0.2, -0.15) is 0 Å². The number of carbonyl (C=O) groups excluding carboxylic acids is 1. The van der Waals surface area contributed by atoms with E-state index in [1.54, 1.807) is 26.1 Å². The monoisotopic (exact) mass is 264 g/mol. The summed E-state index contributed by atoms with van der Waals surface area (Å²) in [5.41, 5.74) is 2.85. The zero-order valence-electron chi connectivity index (χ0n) is 12.5. The molecule has 0 radical (unpaired) electrons. The predicted octanol–water partition coefficient (Wildman–Crippen LogP) is 2.39. The quantitative estimate of drug-likeness (QED) is 0.858.